The molecule has 0 fully saturated rings. The summed E-state index contributed by atoms with van der Waals surface area (Å²) in [6.45, 7) is 0.786. The van der Waals surface area contributed by atoms with Crippen molar-refractivity contribution in [2.45, 2.75) is 25.3 Å². The summed E-state index contributed by atoms with van der Waals surface area (Å²) in [6, 6.07) is -3.42. The molecule has 0 rings (SSSR count). The Kier molecular flexibility index (Phi) is 3.37. The van der Waals surface area contributed by atoms with Crippen LogP contribution in [0.15, 0.2) is 0 Å². The van der Waals surface area contributed by atoms with Crippen LogP contribution in [0.1, 0.15) is 6.92 Å². The first-order valence-corrected chi connectivity index (χ1v) is 3.06. The number of nitrogens with one attached hydrogen (secondary N) is 1. The van der Waals surface area contributed by atoms with Gasteiger partial charge in [0.25, 0.3) is 0 Å². The average Bonchev–Trinajstić information content (AvgIpc) is 1.77. The van der Waals surface area contributed by atoms with Crippen LogP contribution < -0.4 is 5.32 Å². The topological polar surface area (TPSA) is 12.0 Å². The lowest BCUT2D eigenvalue weighted by molar-refractivity contribution is -0.258. The summed E-state index contributed by atoms with van der Waals surface area (Å²) in [6.07, 6.45) is -10.6. The molecule has 0 saturated heterocycles. The molecular formula is C5H7F6N. The molecule has 0 saturated carbocycles. The van der Waals surface area contributed by atoms with Gasteiger partial charge in [-0.3, -0.25) is 5.32 Å². The summed E-state index contributed by atoms with van der Waals surface area (Å²) in [4.78, 5) is 0. The van der Waals surface area contributed by atoms with E-state index >= 15 is 0 Å². The zero-order valence-electron chi connectivity index (χ0n) is 6.05. The predicted octanol–water partition coefficient (Wildman–Crippen LogP) is 2.09. The van der Waals surface area contributed by atoms with E-state index in [0.717, 1.165) is 0 Å². The van der Waals surface area contributed by atoms with Gasteiger partial charge in [0.1, 0.15) is 0 Å². The lowest BCUT2D eigenvalue weighted by Gasteiger charge is -2.23. The third-order valence-corrected chi connectivity index (χ3v) is 1.06. The summed E-state index contributed by atoms with van der Waals surface area (Å²) < 4.78 is 69.7. The van der Waals surface area contributed by atoms with Gasteiger partial charge in [-0.05, 0) is 6.54 Å². The maximum absolute atomic E-state index is 11.6. The van der Waals surface area contributed by atoms with Crippen LogP contribution >= 0.6 is 0 Å². The van der Waals surface area contributed by atoms with Gasteiger partial charge in [0.2, 0.25) is 6.04 Å². The minimum atomic E-state index is -5.28. The zero-order valence-corrected chi connectivity index (χ0v) is 6.05. The zero-order chi connectivity index (χ0) is 9.99. The van der Waals surface area contributed by atoms with E-state index in [-0.39, 0.29) is 6.54 Å². The molecule has 0 aliphatic rings. The maximum atomic E-state index is 11.6. The number of alkyl halides is 6. The van der Waals surface area contributed by atoms with Gasteiger partial charge in [0.15, 0.2) is 0 Å². The Balaban J connectivity index is 4.45. The molecule has 0 radical (unpaired) electrons. The predicted molar refractivity (Wildman–Crippen MR) is 29.6 cm³/mol. The number of hydrogen-bond donors (Lipinski definition) is 1. The van der Waals surface area contributed by atoms with Crippen LogP contribution in [0.5, 0.6) is 0 Å². The van der Waals surface area contributed by atoms with Crippen molar-refractivity contribution in [3.05, 3.63) is 0 Å². The quantitative estimate of drug-likeness (QED) is 0.665. The Morgan fingerprint density at radius 2 is 1.33 bits per heavy atom. The summed E-state index contributed by atoms with van der Waals surface area (Å²) in [5.41, 5.74) is 0. The standard InChI is InChI=1S/C5H7F6N/c1-2-12-3(4(6,7)8)5(9,10)11/h3,12H,2H2,1H3. The third-order valence-electron chi connectivity index (χ3n) is 1.06. The Morgan fingerprint density at radius 3 is 1.42 bits per heavy atom. The molecule has 0 aromatic rings. The van der Waals surface area contributed by atoms with Gasteiger partial charge in [0, 0.05) is 0 Å². The highest BCUT2D eigenvalue weighted by molar-refractivity contribution is 4.81. The van der Waals surface area contributed by atoms with Crippen molar-refractivity contribution in [3.63, 3.8) is 0 Å². The van der Waals surface area contributed by atoms with Crippen molar-refractivity contribution in [3.8, 4) is 0 Å². The number of rotatable bonds is 2. The van der Waals surface area contributed by atoms with Gasteiger partial charge in [-0.15, -0.1) is 0 Å². The normalized spacial score (nSPS) is 14.0. The van der Waals surface area contributed by atoms with Crippen LogP contribution in [0.2, 0.25) is 0 Å². The SMILES string of the molecule is CCNC(C(F)(F)F)C(F)(F)F. The largest absolute Gasteiger partial charge is 0.412 e. The maximum Gasteiger partial charge on any atom is 0.412 e. The molecule has 0 aliphatic heterocycles. The molecule has 74 valence electrons. The minimum absolute atomic E-state index is 0.385. The number of halogens is 6. The lowest BCUT2D eigenvalue weighted by Crippen LogP contribution is -2.52. The fourth-order valence-corrected chi connectivity index (χ4v) is 0.621. The van der Waals surface area contributed by atoms with Crippen LogP contribution in [0.4, 0.5) is 26.3 Å². The Labute approximate surface area is 64.7 Å². The van der Waals surface area contributed by atoms with Crippen LogP contribution in [-0.4, -0.2) is 24.9 Å². The molecule has 0 aromatic carbocycles. The monoisotopic (exact) mass is 195 g/mol. The van der Waals surface area contributed by atoms with Gasteiger partial charge in [-0.25, -0.2) is 0 Å². The van der Waals surface area contributed by atoms with Crippen molar-refractivity contribution in [1.29, 1.82) is 0 Å². The van der Waals surface area contributed by atoms with Gasteiger partial charge in [0.05, 0.1) is 0 Å². The highest BCUT2D eigenvalue weighted by Crippen LogP contribution is 2.32. The van der Waals surface area contributed by atoms with Gasteiger partial charge in [-0.1, -0.05) is 6.92 Å². The third kappa shape index (κ3) is 3.29. The van der Waals surface area contributed by atoms with Crippen molar-refractivity contribution in [1.82, 2.24) is 5.32 Å². The van der Waals surface area contributed by atoms with Crippen molar-refractivity contribution in [2.75, 3.05) is 6.54 Å². The molecule has 0 unspecified atom stereocenters. The highest BCUT2D eigenvalue weighted by atomic mass is 19.4. The fraction of sp³-hybridized carbons (Fsp3) is 1.00. The molecule has 1 nitrogen and oxygen atoms in total. The average molecular weight is 195 g/mol. The van der Waals surface area contributed by atoms with Crippen molar-refractivity contribution >= 4 is 0 Å². The van der Waals surface area contributed by atoms with E-state index in [1.54, 1.807) is 0 Å². The van der Waals surface area contributed by atoms with Gasteiger partial charge < -0.3 is 0 Å². The molecule has 0 bridgehead atoms. The smallest absolute Gasteiger partial charge is 0.299 e. The second kappa shape index (κ2) is 3.51. The van der Waals surface area contributed by atoms with Gasteiger partial charge >= 0.3 is 12.4 Å². The Hall–Kier alpha value is -0.460. The van der Waals surface area contributed by atoms with E-state index in [9.17, 15) is 26.3 Å². The van der Waals surface area contributed by atoms with Gasteiger partial charge in [-0.2, -0.15) is 26.3 Å². The summed E-state index contributed by atoms with van der Waals surface area (Å²) in [5.74, 6) is 0. The molecule has 0 aliphatic carbocycles. The van der Waals surface area contributed by atoms with Crippen molar-refractivity contribution in [2.24, 2.45) is 0 Å². The minimum Gasteiger partial charge on any atom is -0.299 e. The van der Waals surface area contributed by atoms with E-state index < -0.39 is 18.4 Å². The molecular weight excluding hydrogens is 188 g/mol. The molecule has 12 heavy (non-hydrogen) atoms. The second-order valence-electron chi connectivity index (χ2n) is 2.07. The molecule has 1 N–H and O–H groups in total. The van der Waals surface area contributed by atoms with E-state index in [1.165, 1.54) is 12.2 Å². The molecule has 0 aromatic heterocycles. The van der Waals surface area contributed by atoms with E-state index in [1.807, 2.05) is 0 Å². The summed E-state index contributed by atoms with van der Waals surface area (Å²) in [7, 11) is 0. The summed E-state index contributed by atoms with van der Waals surface area (Å²) in [5, 5.41) is 1.31. The number of hydrogen-bond acceptors (Lipinski definition) is 1. The Morgan fingerprint density at radius 1 is 1.00 bits per heavy atom. The second-order valence-corrected chi connectivity index (χ2v) is 2.07. The van der Waals surface area contributed by atoms with Crippen LogP contribution in [0.25, 0.3) is 0 Å². The first kappa shape index (κ1) is 11.5. The first-order chi connectivity index (χ1) is 5.19. The molecule has 7 heteroatoms. The van der Waals surface area contributed by atoms with Crippen LogP contribution in [0, 0.1) is 0 Å². The summed E-state index contributed by atoms with van der Waals surface area (Å²) >= 11 is 0. The molecule has 0 spiro atoms. The van der Waals surface area contributed by atoms with Crippen LogP contribution in [-0.2, 0) is 0 Å². The molecule has 0 amide bonds. The van der Waals surface area contributed by atoms with E-state index in [4.69, 9.17) is 0 Å². The van der Waals surface area contributed by atoms with E-state index in [0.29, 0.717) is 0 Å². The first-order valence-electron chi connectivity index (χ1n) is 3.06. The fourth-order valence-electron chi connectivity index (χ4n) is 0.621. The molecule has 0 heterocycles. The Bertz CT molecular complexity index is 122. The lowest BCUT2D eigenvalue weighted by atomic mass is 10.3. The van der Waals surface area contributed by atoms with Crippen molar-refractivity contribution < 1.29 is 26.3 Å². The highest BCUT2D eigenvalue weighted by Gasteiger charge is 2.56. The van der Waals surface area contributed by atoms with E-state index in [2.05, 4.69) is 0 Å². The molecule has 0 atom stereocenters. The van der Waals surface area contributed by atoms with Crippen LogP contribution in [0.3, 0.4) is 0 Å².